The molecular weight excluding hydrogens is 258 g/mol. The molecule has 0 aliphatic heterocycles. The lowest BCUT2D eigenvalue weighted by atomic mass is 9.89. The number of nitrogens with zero attached hydrogens (tertiary/aromatic N) is 1. The fourth-order valence-electron chi connectivity index (χ4n) is 2.43. The topological polar surface area (TPSA) is 69.4 Å². The van der Waals surface area contributed by atoms with E-state index in [1.165, 1.54) is 6.20 Å². The Balaban J connectivity index is 2.25. The molecule has 0 radical (unpaired) electrons. The van der Waals surface area contributed by atoms with Crippen molar-refractivity contribution in [2.45, 2.75) is 20.8 Å². The number of pyridine rings is 1. The molecule has 2 aromatic heterocycles. The quantitative estimate of drug-likeness (QED) is 0.716. The lowest BCUT2D eigenvalue weighted by Gasteiger charge is -2.16. The maximum Gasteiger partial charge on any atom is 0.248 e. The molecule has 5 nitrogen and oxygen atoms in total. The number of ketones is 2. The van der Waals surface area contributed by atoms with Crippen molar-refractivity contribution in [3.8, 4) is 5.75 Å². The fraction of sp³-hybridized carbons (Fsp3) is 0.267. The van der Waals surface area contributed by atoms with Gasteiger partial charge in [0.05, 0.1) is 23.9 Å². The summed E-state index contributed by atoms with van der Waals surface area (Å²) in [5.74, 6) is 0.547. The third-order valence-electron chi connectivity index (χ3n) is 3.34. The highest BCUT2D eigenvalue weighted by molar-refractivity contribution is 6.27. The van der Waals surface area contributed by atoms with Crippen molar-refractivity contribution >= 4 is 11.6 Å². The van der Waals surface area contributed by atoms with Crippen molar-refractivity contribution in [2.75, 3.05) is 6.61 Å². The molecule has 0 fully saturated rings. The Morgan fingerprint density at radius 1 is 1.25 bits per heavy atom. The summed E-state index contributed by atoms with van der Waals surface area (Å²) in [6.45, 7) is 5.78. The van der Waals surface area contributed by atoms with E-state index in [4.69, 9.17) is 9.15 Å². The van der Waals surface area contributed by atoms with E-state index in [0.717, 1.165) is 0 Å². The van der Waals surface area contributed by atoms with Crippen LogP contribution in [0.15, 0.2) is 16.7 Å². The molecule has 2 aromatic rings. The summed E-state index contributed by atoms with van der Waals surface area (Å²) in [6, 6.07) is 1.59. The highest BCUT2D eigenvalue weighted by atomic mass is 16.5. The minimum atomic E-state index is -0.353. The van der Waals surface area contributed by atoms with Crippen molar-refractivity contribution < 1.29 is 18.7 Å². The second kappa shape index (κ2) is 4.30. The number of ether oxygens (including phenoxy) is 1. The van der Waals surface area contributed by atoms with Crippen LogP contribution in [0.1, 0.15) is 50.4 Å². The summed E-state index contributed by atoms with van der Waals surface area (Å²) in [6.07, 6.45) is 1.48. The number of fused-ring (bicyclic) bond motifs is 2. The maximum atomic E-state index is 12.5. The van der Waals surface area contributed by atoms with Gasteiger partial charge in [-0.25, -0.2) is 4.98 Å². The average Bonchev–Trinajstić information content (AvgIpc) is 2.81. The summed E-state index contributed by atoms with van der Waals surface area (Å²) < 4.78 is 10.8. The van der Waals surface area contributed by atoms with E-state index < -0.39 is 0 Å². The van der Waals surface area contributed by atoms with Crippen molar-refractivity contribution in [2.24, 2.45) is 0 Å². The molecule has 0 atom stereocenters. The van der Waals surface area contributed by atoms with E-state index >= 15 is 0 Å². The number of rotatable bonds is 2. The molecule has 1 aliphatic rings. The Morgan fingerprint density at radius 3 is 2.70 bits per heavy atom. The average molecular weight is 271 g/mol. The van der Waals surface area contributed by atoms with Crippen LogP contribution >= 0.6 is 0 Å². The van der Waals surface area contributed by atoms with Gasteiger partial charge < -0.3 is 9.15 Å². The molecule has 1 aliphatic carbocycles. The first-order chi connectivity index (χ1) is 9.54. The molecule has 0 unspecified atom stereocenters. The van der Waals surface area contributed by atoms with Crippen LogP contribution in [0.2, 0.25) is 0 Å². The Hall–Kier alpha value is -2.43. The largest absolute Gasteiger partial charge is 0.492 e. The first-order valence-electron chi connectivity index (χ1n) is 6.36. The molecule has 0 N–H and O–H groups in total. The summed E-state index contributed by atoms with van der Waals surface area (Å²) in [5, 5.41) is 0. The van der Waals surface area contributed by atoms with Gasteiger partial charge in [0, 0.05) is 5.56 Å². The van der Waals surface area contributed by atoms with Gasteiger partial charge in [-0.1, -0.05) is 0 Å². The standard InChI is InChI=1S/C15H13NO4/c1-4-19-10-6-16-12-11(8(10)3)13(17)9-5-7(2)20-15(9)14(12)18/h5-6H,4H2,1-3H3. The smallest absolute Gasteiger partial charge is 0.248 e. The Bertz CT molecular complexity index is 743. The fourth-order valence-corrected chi connectivity index (χ4v) is 2.43. The minimum absolute atomic E-state index is 0.0797. The predicted molar refractivity (Wildman–Crippen MR) is 70.5 cm³/mol. The van der Waals surface area contributed by atoms with E-state index in [2.05, 4.69) is 4.98 Å². The summed E-state index contributed by atoms with van der Waals surface area (Å²) in [5.41, 5.74) is 1.39. The second-order valence-electron chi connectivity index (χ2n) is 4.66. The molecule has 0 aromatic carbocycles. The molecule has 0 saturated carbocycles. The van der Waals surface area contributed by atoms with Gasteiger partial charge in [-0.15, -0.1) is 0 Å². The van der Waals surface area contributed by atoms with E-state index in [0.29, 0.717) is 34.8 Å². The highest BCUT2D eigenvalue weighted by Crippen LogP contribution is 2.33. The monoisotopic (exact) mass is 271 g/mol. The van der Waals surface area contributed by atoms with Crippen molar-refractivity contribution in [1.82, 2.24) is 4.98 Å². The predicted octanol–water partition coefficient (Wildman–Crippen LogP) is 2.47. The van der Waals surface area contributed by atoms with Crippen LogP contribution in [0, 0.1) is 13.8 Å². The Kier molecular flexibility index (Phi) is 2.71. The van der Waals surface area contributed by atoms with Crippen molar-refractivity contribution in [3.05, 3.63) is 46.2 Å². The van der Waals surface area contributed by atoms with E-state index in [1.54, 1.807) is 19.9 Å². The van der Waals surface area contributed by atoms with E-state index in [1.807, 2.05) is 6.92 Å². The van der Waals surface area contributed by atoms with Gasteiger partial charge in [0.15, 0.2) is 11.5 Å². The van der Waals surface area contributed by atoms with Gasteiger partial charge in [0.25, 0.3) is 0 Å². The van der Waals surface area contributed by atoms with Crippen LogP contribution in [0.3, 0.4) is 0 Å². The number of carbonyl (C=O) groups is 2. The van der Waals surface area contributed by atoms with Crippen molar-refractivity contribution in [3.63, 3.8) is 0 Å². The van der Waals surface area contributed by atoms with Gasteiger partial charge in [-0.3, -0.25) is 9.59 Å². The number of aromatic nitrogens is 1. The van der Waals surface area contributed by atoms with Gasteiger partial charge in [-0.05, 0) is 26.8 Å². The summed E-state index contributed by atoms with van der Waals surface area (Å²) in [4.78, 5) is 29.0. The zero-order valence-electron chi connectivity index (χ0n) is 11.4. The number of aryl methyl sites for hydroxylation is 1. The lowest BCUT2D eigenvalue weighted by Crippen LogP contribution is -2.22. The number of hydrogen-bond acceptors (Lipinski definition) is 5. The van der Waals surface area contributed by atoms with Gasteiger partial charge in [0.1, 0.15) is 17.2 Å². The first-order valence-corrected chi connectivity index (χ1v) is 6.36. The minimum Gasteiger partial charge on any atom is -0.492 e. The van der Waals surface area contributed by atoms with Gasteiger partial charge in [0.2, 0.25) is 5.78 Å². The molecule has 0 saturated heterocycles. The SMILES string of the molecule is CCOc1cnc2c(c1C)C(=O)c1cc(C)oc1C2=O. The van der Waals surface area contributed by atoms with Gasteiger partial charge in [-0.2, -0.15) is 0 Å². The van der Waals surface area contributed by atoms with Crippen LogP contribution in [-0.2, 0) is 0 Å². The highest BCUT2D eigenvalue weighted by Gasteiger charge is 2.36. The molecule has 0 amide bonds. The molecule has 2 heterocycles. The van der Waals surface area contributed by atoms with Crippen molar-refractivity contribution in [1.29, 1.82) is 0 Å². The molecule has 20 heavy (non-hydrogen) atoms. The Morgan fingerprint density at radius 2 is 2.00 bits per heavy atom. The normalized spacial score (nSPS) is 13.2. The van der Waals surface area contributed by atoms with E-state index in [9.17, 15) is 9.59 Å². The molecule has 0 bridgehead atoms. The zero-order valence-corrected chi connectivity index (χ0v) is 11.4. The molecule has 3 rings (SSSR count). The zero-order chi connectivity index (χ0) is 14.4. The number of carbonyl (C=O) groups excluding carboxylic acids is 2. The molecule has 102 valence electrons. The molecule has 0 spiro atoms. The number of furan rings is 1. The maximum absolute atomic E-state index is 12.5. The Labute approximate surface area is 115 Å². The summed E-state index contributed by atoms with van der Waals surface area (Å²) in [7, 11) is 0. The van der Waals surface area contributed by atoms with Crippen LogP contribution in [0.5, 0.6) is 5.75 Å². The van der Waals surface area contributed by atoms with Crippen LogP contribution < -0.4 is 4.74 Å². The third-order valence-corrected chi connectivity index (χ3v) is 3.34. The first kappa shape index (κ1) is 12.6. The summed E-state index contributed by atoms with van der Waals surface area (Å²) >= 11 is 0. The number of hydrogen-bond donors (Lipinski definition) is 0. The second-order valence-corrected chi connectivity index (χ2v) is 4.66. The van der Waals surface area contributed by atoms with E-state index in [-0.39, 0.29) is 23.0 Å². The van der Waals surface area contributed by atoms with Crippen LogP contribution in [0.25, 0.3) is 0 Å². The van der Waals surface area contributed by atoms with Crippen LogP contribution in [-0.4, -0.2) is 23.2 Å². The molecule has 5 heteroatoms. The lowest BCUT2D eigenvalue weighted by molar-refractivity contribution is 0.0954. The third kappa shape index (κ3) is 1.59. The van der Waals surface area contributed by atoms with Gasteiger partial charge >= 0.3 is 0 Å². The van der Waals surface area contributed by atoms with Crippen LogP contribution in [0.4, 0.5) is 0 Å². The molecular formula is C15H13NO4.